The fraction of sp³-hybridized carbons (Fsp3) is 0.158. The van der Waals surface area contributed by atoms with Gasteiger partial charge in [-0.25, -0.2) is 9.98 Å². The number of halogens is 1. The van der Waals surface area contributed by atoms with E-state index < -0.39 is 0 Å². The largest absolute Gasteiger partial charge is 0.324 e. The Hall–Kier alpha value is -2.39. The minimum absolute atomic E-state index is 0.0228. The molecule has 0 fully saturated rings. The summed E-state index contributed by atoms with van der Waals surface area (Å²) in [5.74, 6) is -0.0228. The van der Waals surface area contributed by atoms with Crippen LogP contribution in [0.3, 0.4) is 0 Å². The Bertz CT molecular complexity index is 806. The highest BCUT2D eigenvalue weighted by atomic mass is 35.5. The molecule has 23 heavy (non-hydrogen) atoms. The molecule has 4 heteroatoms. The summed E-state index contributed by atoms with van der Waals surface area (Å²) in [6.07, 6.45) is 3.64. The smallest absolute Gasteiger partial charge is 0.140 e. The molecule has 3 nitrogen and oxygen atoms in total. The quantitative estimate of drug-likeness (QED) is 0.801. The highest BCUT2D eigenvalue weighted by Gasteiger charge is 2.40. The van der Waals surface area contributed by atoms with Crippen LogP contribution in [0, 0.1) is 12.8 Å². The molecule has 0 aliphatic carbocycles. The van der Waals surface area contributed by atoms with Gasteiger partial charge in [0.25, 0.3) is 0 Å². The van der Waals surface area contributed by atoms with E-state index in [1.165, 1.54) is 5.56 Å². The van der Waals surface area contributed by atoms with Gasteiger partial charge in [-0.1, -0.05) is 59.6 Å². The third-order valence-electron chi connectivity index (χ3n) is 4.29. The molecule has 0 aromatic heterocycles. The summed E-state index contributed by atoms with van der Waals surface area (Å²) >= 11 is 6.43. The fourth-order valence-electron chi connectivity index (χ4n) is 3.10. The number of hydrogen-bond acceptors (Lipinski definition) is 3. The van der Waals surface area contributed by atoms with E-state index in [2.05, 4.69) is 64.4 Å². The number of aliphatic imine (C=N–C) groups is 2. The Labute approximate surface area is 140 Å². The van der Waals surface area contributed by atoms with Gasteiger partial charge in [0.2, 0.25) is 0 Å². The standard InChI is InChI=1S/C19H16ClN3/c1-13-7-9-15(10-8-13)23-11-16(14-5-3-2-4-6-14)17-18(20)21-12-22-19(17)23/h2-12,17,19H,1H3. The van der Waals surface area contributed by atoms with Gasteiger partial charge in [0.05, 0.1) is 5.92 Å². The first-order valence-corrected chi connectivity index (χ1v) is 7.99. The molecule has 0 bridgehead atoms. The Kier molecular flexibility index (Phi) is 3.50. The van der Waals surface area contributed by atoms with Crippen LogP contribution in [0.25, 0.3) is 5.57 Å². The van der Waals surface area contributed by atoms with Crippen LogP contribution < -0.4 is 4.90 Å². The molecule has 2 aromatic rings. The van der Waals surface area contributed by atoms with E-state index in [1.54, 1.807) is 6.34 Å². The maximum Gasteiger partial charge on any atom is 0.140 e. The summed E-state index contributed by atoms with van der Waals surface area (Å²) in [7, 11) is 0. The molecular weight excluding hydrogens is 306 g/mol. The summed E-state index contributed by atoms with van der Waals surface area (Å²) < 4.78 is 0. The number of benzene rings is 2. The average molecular weight is 322 g/mol. The number of hydrogen-bond donors (Lipinski definition) is 0. The van der Waals surface area contributed by atoms with Crippen LogP contribution in [0.4, 0.5) is 5.69 Å². The van der Waals surface area contributed by atoms with E-state index in [-0.39, 0.29) is 12.1 Å². The van der Waals surface area contributed by atoms with E-state index >= 15 is 0 Å². The predicted octanol–water partition coefficient (Wildman–Crippen LogP) is 4.48. The lowest BCUT2D eigenvalue weighted by atomic mass is 9.93. The Morgan fingerprint density at radius 1 is 1.00 bits per heavy atom. The SMILES string of the molecule is Cc1ccc(N2C=C(c3ccccc3)C3C(Cl)=NC=NC32)cc1. The lowest BCUT2D eigenvalue weighted by Gasteiger charge is -2.28. The number of fused-ring (bicyclic) bond motifs is 1. The van der Waals surface area contributed by atoms with Crippen LogP contribution in [0.2, 0.25) is 0 Å². The zero-order valence-electron chi connectivity index (χ0n) is 12.7. The predicted molar refractivity (Wildman–Crippen MR) is 97.1 cm³/mol. The molecule has 2 aromatic carbocycles. The molecule has 0 amide bonds. The van der Waals surface area contributed by atoms with Gasteiger partial charge >= 0.3 is 0 Å². The second-order valence-electron chi connectivity index (χ2n) is 5.80. The molecule has 0 saturated heterocycles. The van der Waals surface area contributed by atoms with Crippen LogP contribution in [0.1, 0.15) is 11.1 Å². The summed E-state index contributed by atoms with van der Waals surface area (Å²) in [5, 5.41) is 0.592. The van der Waals surface area contributed by atoms with Gasteiger partial charge in [-0.2, -0.15) is 0 Å². The van der Waals surface area contributed by atoms with Crippen molar-refractivity contribution in [1.29, 1.82) is 0 Å². The molecule has 2 unspecified atom stereocenters. The first-order valence-electron chi connectivity index (χ1n) is 7.61. The zero-order chi connectivity index (χ0) is 15.8. The molecule has 2 heterocycles. The van der Waals surface area contributed by atoms with E-state index in [1.807, 2.05) is 18.2 Å². The van der Waals surface area contributed by atoms with Gasteiger partial charge in [0.15, 0.2) is 0 Å². The first-order chi connectivity index (χ1) is 11.2. The molecule has 114 valence electrons. The first kappa shape index (κ1) is 14.2. The molecule has 2 aliphatic heterocycles. The van der Waals surface area contributed by atoms with Crippen LogP contribution >= 0.6 is 11.6 Å². The summed E-state index contributed by atoms with van der Waals surface area (Å²) in [5.41, 5.74) is 4.66. The molecular formula is C19H16ClN3. The van der Waals surface area contributed by atoms with Crippen LogP contribution in [-0.4, -0.2) is 17.7 Å². The minimum Gasteiger partial charge on any atom is -0.324 e. The maximum atomic E-state index is 6.43. The minimum atomic E-state index is -0.0714. The second-order valence-corrected chi connectivity index (χ2v) is 6.19. The van der Waals surface area contributed by atoms with E-state index in [0.717, 1.165) is 16.8 Å². The third kappa shape index (κ3) is 2.47. The van der Waals surface area contributed by atoms with Crippen molar-refractivity contribution in [2.45, 2.75) is 13.1 Å². The average Bonchev–Trinajstić information content (AvgIpc) is 2.97. The van der Waals surface area contributed by atoms with Crippen molar-refractivity contribution < 1.29 is 0 Å². The Morgan fingerprint density at radius 2 is 1.74 bits per heavy atom. The van der Waals surface area contributed by atoms with E-state index in [0.29, 0.717) is 5.17 Å². The van der Waals surface area contributed by atoms with Gasteiger partial charge in [-0.15, -0.1) is 0 Å². The van der Waals surface area contributed by atoms with Crippen molar-refractivity contribution >= 4 is 34.4 Å². The van der Waals surface area contributed by atoms with Crippen molar-refractivity contribution in [2.75, 3.05) is 4.90 Å². The topological polar surface area (TPSA) is 28.0 Å². The molecule has 0 spiro atoms. The molecule has 2 aliphatic rings. The normalized spacial score (nSPS) is 22.6. The van der Waals surface area contributed by atoms with Crippen molar-refractivity contribution in [3.05, 3.63) is 71.9 Å². The number of rotatable bonds is 2. The summed E-state index contributed by atoms with van der Waals surface area (Å²) in [6, 6.07) is 18.8. The van der Waals surface area contributed by atoms with Crippen molar-refractivity contribution in [1.82, 2.24) is 0 Å². The molecule has 0 saturated carbocycles. The van der Waals surface area contributed by atoms with Gasteiger partial charge in [-0.05, 0) is 30.2 Å². The molecule has 0 N–H and O–H groups in total. The van der Waals surface area contributed by atoms with E-state index in [4.69, 9.17) is 11.6 Å². The zero-order valence-corrected chi connectivity index (χ0v) is 13.5. The second kappa shape index (κ2) is 5.67. The maximum absolute atomic E-state index is 6.43. The van der Waals surface area contributed by atoms with Gasteiger partial charge in [-0.3, -0.25) is 0 Å². The summed E-state index contributed by atoms with van der Waals surface area (Å²) in [6.45, 7) is 2.09. The van der Waals surface area contributed by atoms with Gasteiger partial charge < -0.3 is 4.90 Å². The summed E-state index contributed by atoms with van der Waals surface area (Å²) in [4.78, 5) is 11.0. The number of aryl methyl sites for hydroxylation is 1. The van der Waals surface area contributed by atoms with Crippen molar-refractivity contribution in [3.63, 3.8) is 0 Å². The molecule has 2 atom stereocenters. The molecule has 4 rings (SSSR count). The lowest BCUT2D eigenvalue weighted by Crippen LogP contribution is -2.35. The lowest BCUT2D eigenvalue weighted by molar-refractivity contribution is 0.657. The van der Waals surface area contributed by atoms with Gasteiger partial charge in [0, 0.05) is 11.9 Å². The van der Waals surface area contributed by atoms with Crippen molar-refractivity contribution in [3.8, 4) is 0 Å². The fourth-order valence-corrected chi connectivity index (χ4v) is 3.38. The van der Waals surface area contributed by atoms with Crippen LogP contribution in [0.5, 0.6) is 0 Å². The molecule has 0 radical (unpaired) electrons. The van der Waals surface area contributed by atoms with Crippen LogP contribution in [0.15, 0.2) is 70.8 Å². The Morgan fingerprint density at radius 3 is 2.48 bits per heavy atom. The van der Waals surface area contributed by atoms with E-state index in [9.17, 15) is 0 Å². The highest BCUT2D eigenvalue weighted by molar-refractivity contribution is 6.67. The van der Waals surface area contributed by atoms with Gasteiger partial charge in [0.1, 0.15) is 17.7 Å². The number of nitrogens with zero attached hydrogens (tertiary/aromatic N) is 3. The van der Waals surface area contributed by atoms with Crippen molar-refractivity contribution in [2.24, 2.45) is 15.9 Å². The number of anilines is 1. The highest BCUT2D eigenvalue weighted by Crippen LogP contribution is 2.41. The monoisotopic (exact) mass is 321 g/mol. The Balaban J connectivity index is 1.81. The van der Waals surface area contributed by atoms with Crippen LogP contribution in [-0.2, 0) is 0 Å². The third-order valence-corrected chi connectivity index (χ3v) is 4.63.